The average Bonchev–Trinajstić information content (AvgIpc) is 2.89. The average molecular weight is 291 g/mol. The number of rotatable bonds is 3. The molecule has 8 heteroatoms. The molecule has 0 radical (unpaired) electrons. The van der Waals surface area contributed by atoms with E-state index in [2.05, 4.69) is 15.2 Å². The van der Waals surface area contributed by atoms with Gasteiger partial charge in [0.05, 0.1) is 12.5 Å². The summed E-state index contributed by atoms with van der Waals surface area (Å²) in [5, 5.41) is 6.42. The lowest BCUT2D eigenvalue weighted by atomic mass is 9.97. The highest BCUT2D eigenvalue weighted by molar-refractivity contribution is 5.73. The van der Waals surface area contributed by atoms with Crippen molar-refractivity contribution in [2.45, 2.75) is 19.8 Å². The first-order valence-electron chi connectivity index (χ1n) is 7.04. The van der Waals surface area contributed by atoms with Crippen molar-refractivity contribution in [3.05, 3.63) is 22.9 Å². The quantitative estimate of drug-likeness (QED) is 0.812. The molecule has 21 heavy (non-hydrogen) atoms. The van der Waals surface area contributed by atoms with Crippen LogP contribution in [0.1, 0.15) is 19.8 Å². The summed E-state index contributed by atoms with van der Waals surface area (Å²) in [5.74, 6) is 0.486. The van der Waals surface area contributed by atoms with Crippen LogP contribution in [-0.2, 0) is 9.53 Å². The maximum atomic E-state index is 11.7. The second-order valence-electron chi connectivity index (χ2n) is 4.99. The van der Waals surface area contributed by atoms with E-state index in [-0.39, 0.29) is 17.6 Å². The van der Waals surface area contributed by atoms with Crippen LogP contribution < -0.4 is 10.6 Å². The van der Waals surface area contributed by atoms with Gasteiger partial charge in [0, 0.05) is 25.5 Å². The number of piperidine rings is 1. The highest BCUT2D eigenvalue weighted by atomic mass is 16.5. The second-order valence-corrected chi connectivity index (χ2v) is 4.99. The van der Waals surface area contributed by atoms with E-state index in [9.17, 15) is 9.59 Å². The van der Waals surface area contributed by atoms with Crippen LogP contribution >= 0.6 is 0 Å². The van der Waals surface area contributed by atoms with Crippen molar-refractivity contribution in [1.82, 2.24) is 19.6 Å². The summed E-state index contributed by atoms with van der Waals surface area (Å²) < 4.78 is 6.49. The van der Waals surface area contributed by atoms with Crippen molar-refractivity contribution in [3.63, 3.8) is 0 Å². The van der Waals surface area contributed by atoms with Gasteiger partial charge < -0.3 is 9.64 Å². The minimum atomic E-state index is -0.282. The van der Waals surface area contributed by atoms with E-state index >= 15 is 0 Å². The van der Waals surface area contributed by atoms with Gasteiger partial charge in [-0.05, 0) is 19.8 Å². The van der Waals surface area contributed by atoms with Crippen molar-refractivity contribution in [2.24, 2.45) is 5.92 Å². The third-order valence-electron chi connectivity index (χ3n) is 3.73. The molecule has 2 aromatic heterocycles. The van der Waals surface area contributed by atoms with Gasteiger partial charge in [-0.2, -0.15) is 0 Å². The Bertz CT molecular complexity index is 699. The van der Waals surface area contributed by atoms with E-state index < -0.39 is 0 Å². The zero-order chi connectivity index (χ0) is 14.8. The van der Waals surface area contributed by atoms with Crippen molar-refractivity contribution >= 4 is 17.4 Å². The molecule has 0 saturated carbocycles. The smallest absolute Gasteiger partial charge is 0.347 e. The zero-order valence-electron chi connectivity index (χ0n) is 11.8. The van der Waals surface area contributed by atoms with Gasteiger partial charge >= 0.3 is 11.7 Å². The Hall–Kier alpha value is -2.38. The SMILES string of the molecule is CCOC(=O)C1CCN(c2nccn3c(=O)[nH]nc23)CC1. The van der Waals surface area contributed by atoms with Crippen LogP contribution in [0.3, 0.4) is 0 Å². The first kappa shape index (κ1) is 13.6. The van der Waals surface area contributed by atoms with E-state index in [0.29, 0.717) is 31.2 Å². The molecule has 3 heterocycles. The number of carbonyl (C=O) groups excluding carboxylic acids is 1. The number of H-pyrrole nitrogens is 1. The molecule has 1 fully saturated rings. The summed E-state index contributed by atoms with van der Waals surface area (Å²) in [6.45, 7) is 3.61. The summed E-state index contributed by atoms with van der Waals surface area (Å²) in [6.07, 6.45) is 4.60. The number of fused-ring (bicyclic) bond motifs is 1. The van der Waals surface area contributed by atoms with Crippen molar-refractivity contribution in [2.75, 3.05) is 24.6 Å². The Morgan fingerprint density at radius 3 is 2.95 bits per heavy atom. The van der Waals surface area contributed by atoms with E-state index in [4.69, 9.17) is 4.74 Å². The monoisotopic (exact) mass is 291 g/mol. The van der Waals surface area contributed by atoms with Gasteiger partial charge in [0.2, 0.25) is 5.65 Å². The molecule has 0 aliphatic carbocycles. The molecular weight excluding hydrogens is 274 g/mol. The predicted molar refractivity (Wildman–Crippen MR) is 75.2 cm³/mol. The maximum Gasteiger partial charge on any atom is 0.347 e. The molecule has 0 unspecified atom stereocenters. The number of carbonyl (C=O) groups is 1. The van der Waals surface area contributed by atoms with Crippen LogP contribution in [0.15, 0.2) is 17.2 Å². The Labute approximate surface area is 120 Å². The van der Waals surface area contributed by atoms with Crippen molar-refractivity contribution < 1.29 is 9.53 Å². The Kier molecular flexibility index (Phi) is 3.59. The summed E-state index contributed by atoms with van der Waals surface area (Å²) in [7, 11) is 0. The van der Waals surface area contributed by atoms with Crippen molar-refractivity contribution in [3.8, 4) is 0 Å². The summed E-state index contributed by atoms with van der Waals surface area (Å²) in [5.41, 5.74) is 0.229. The Balaban J connectivity index is 1.77. The summed E-state index contributed by atoms with van der Waals surface area (Å²) >= 11 is 0. The van der Waals surface area contributed by atoms with Gasteiger partial charge in [0.15, 0.2) is 5.82 Å². The largest absolute Gasteiger partial charge is 0.466 e. The van der Waals surface area contributed by atoms with Crippen LogP contribution in [0.4, 0.5) is 5.82 Å². The molecule has 0 amide bonds. The van der Waals surface area contributed by atoms with Crippen molar-refractivity contribution in [1.29, 1.82) is 0 Å². The third-order valence-corrected chi connectivity index (χ3v) is 3.73. The molecule has 1 saturated heterocycles. The number of hydrogen-bond donors (Lipinski definition) is 1. The van der Waals surface area contributed by atoms with Crippen LogP contribution in [0, 0.1) is 5.92 Å². The summed E-state index contributed by atoms with van der Waals surface area (Å²) in [6, 6.07) is 0. The minimum Gasteiger partial charge on any atom is -0.466 e. The van der Waals surface area contributed by atoms with Gasteiger partial charge in [-0.3, -0.25) is 4.79 Å². The first-order chi connectivity index (χ1) is 10.2. The van der Waals surface area contributed by atoms with Gasteiger partial charge in [-0.25, -0.2) is 19.3 Å². The molecule has 0 atom stereocenters. The van der Waals surface area contributed by atoms with Gasteiger partial charge in [-0.15, -0.1) is 5.10 Å². The number of nitrogens with one attached hydrogen (secondary N) is 1. The minimum absolute atomic E-state index is 0.0534. The van der Waals surface area contributed by atoms with Gasteiger partial charge in [0.1, 0.15) is 0 Å². The lowest BCUT2D eigenvalue weighted by Crippen LogP contribution is -2.37. The molecule has 8 nitrogen and oxygen atoms in total. The van der Waals surface area contributed by atoms with Crippen LogP contribution in [0.5, 0.6) is 0 Å². The molecule has 0 bridgehead atoms. The number of nitrogens with zero attached hydrogens (tertiary/aromatic N) is 4. The number of esters is 1. The highest BCUT2D eigenvalue weighted by Crippen LogP contribution is 2.24. The van der Waals surface area contributed by atoms with E-state index in [0.717, 1.165) is 12.8 Å². The van der Waals surface area contributed by atoms with Gasteiger partial charge in [0.25, 0.3) is 0 Å². The number of hydrogen-bond acceptors (Lipinski definition) is 6. The predicted octanol–water partition coefficient (Wildman–Crippen LogP) is 0.197. The Morgan fingerprint density at radius 1 is 1.48 bits per heavy atom. The number of ether oxygens (including phenoxy) is 1. The molecular formula is C13H17N5O3. The van der Waals surface area contributed by atoms with Crippen LogP contribution in [0.2, 0.25) is 0 Å². The number of aromatic nitrogens is 4. The van der Waals surface area contributed by atoms with Crippen LogP contribution in [0.25, 0.3) is 5.65 Å². The lowest BCUT2D eigenvalue weighted by Gasteiger charge is -2.31. The molecule has 3 rings (SSSR count). The fraction of sp³-hybridized carbons (Fsp3) is 0.538. The molecule has 0 spiro atoms. The van der Waals surface area contributed by atoms with E-state index in [1.165, 1.54) is 4.40 Å². The molecule has 112 valence electrons. The lowest BCUT2D eigenvalue weighted by molar-refractivity contribution is -0.148. The fourth-order valence-electron chi connectivity index (χ4n) is 2.64. The fourth-order valence-corrected chi connectivity index (χ4v) is 2.64. The molecule has 0 aromatic carbocycles. The van der Waals surface area contributed by atoms with E-state index in [1.54, 1.807) is 12.4 Å². The zero-order valence-corrected chi connectivity index (χ0v) is 11.8. The Morgan fingerprint density at radius 2 is 2.24 bits per heavy atom. The van der Waals surface area contributed by atoms with Crippen LogP contribution in [-0.4, -0.2) is 45.2 Å². The standard InChI is InChI=1S/C13H17N5O3/c1-2-21-12(19)9-3-6-17(7-4-9)10-11-15-16-13(20)18(11)8-5-14-10/h5,8-9H,2-4,6-7H2,1H3,(H,16,20). The van der Waals surface area contributed by atoms with E-state index in [1.807, 2.05) is 11.8 Å². The summed E-state index contributed by atoms with van der Waals surface area (Å²) in [4.78, 5) is 29.7. The normalized spacial score (nSPS) is 16.3. The molecule has 1 N–H and O–H groups in total. The molecule has 2 aromatic rings. The molecule has 1 aliphatic heterocycles. The number of anilines is 1. The maximum absolute atomic E-state index is 11.7. The number of aromatic amines is 1. The van der Waals surface area contributed by atoms with Gasteiger partial charge in [-0.1, -0.05) is 0 Å². The second kappa shape index (κ2) is 5.55. The topological polar surface area (TPSA) is 92.6 Å². The third kappa shape index (κ3) is 2.48. The first-order valence-corrected chi connectivity index (χ1v) is 7.04. The molecule has 1 aliphatic rings. The highest BCUT2D eigenvalue weighted by Gasteiger charge is 2.27.